The van der Waals surface area contributed by atoms with Crippen LogP contribution in [0.25, 0.3) is 5.57 Å². The van der Waals surface area contributed by atoms with Gasteiger partial charge in [0.25, 0.3) is 0 Å². The number of rotatable bonds is 3. The van der Waals surface area contributed by atoms with Gasteiger partial charge in [-0.05, 0) is 50.6 Å². The van der Waals surface area contributed by atoms with Gasteiger partial charge in [-0.3, -0.25) is 0 Å². The van der Waals surface area contributed by atoms with Crippen LogP contribution in [0.3, 0.4) is 0 Å². The molecule has 0 atom stereocenters. The quantitative estimate of drug-likeness (QED) is 0.840. The lowest BCUT2D eigenvalue weighted by Crippen LogP contribution is -2.34. The maximum Gasteiger partial charge on any atom is 0.120 e. The number of ether oxygens (including phenoxy) is 1. The predicted octanol–water partition coefficient (Wildman–Crippen LogP) is 2.85. The minimum absolute atomic E-state index is 0.363. The Labute approximate surface area is 97.3 Å². The zero-order chi connectivity index (χ0) is 11.4. The molecule has 0 spiro atoms. The average molecular weight is 217 g/mol. The van der Waals surface area contributed by atoms with Crippen molar-refractivity contribution in [1.82, 2.24) is 5.32 Å². The molecule has 0 unspecified atom stereocenters. The van der Waals surface area contributed by atoms with E-state index in [9.17, 15) is 0 Å². The van der Waals surface area contributed by atoms with E-state index >= 15 is 0 Å². The fourth-order valence-electron chi connectivity index (χ4n) is 1.94. The number of piperidine rings is 1. The molecule has 1 fully saturated rings. The van der Waals surface area contributed by atoms with Crippen LogP contribution in [0.4, 0.5) is 0 Å². The summed E-state index contributed by atoms with van der Waals surface area (Å²) in [6.07, 6.45) is 2.55. The molecule has 1 saturated heterocycles. The number of allylic oxidation sites excluding steroid dienone is 1. The van der Waals surface area contributed by atoms with E-state index in [0.717, 1.165) is 42.8 Å². The van der Waals surface area contributed by atoms with Crippen molar-refractivity contribution in [3.8, 4) is 5.75 Å². The van der Waals surface area contributed by atoms with E-state index in [2.05, 4.69) is 24.0 Å². The van der Waals surface area contributed by atoms with Crippen molar-refractivity contribution < 1.29 is 4.74 Å². The second-order valence-electron chi connectivity index (χ2n) is 4.38. The van der Waals surface area contributed by atoms with Gasteiger partial charge in [0.1, 0.15) is 11.9 Å². The Morgan fingerprint density at radius 1 is 1.38 bits per heavy atom. The Hall–Kier alpha value is -1.28. The maximum atomic E-state index is 5.96. The molecule has 2 rings (SSSR count). The molecule has 0 aliphatic carbocycles. The van der Waals surface area contributed by atoms with Crippen LogP contribution in [0.15, 0.2) is 30.8 Å². The van der Waals surface area contributed by atoms with E-state index in [1.165, 1.54) is 0 Å². The van der Waals surface area contributed by atoms with Crippen molar-refractivity contribution >= 4 is 5.57 Å². The van der Waals surface area contributed by atoms with Crippen LogP contribution in [-0.2, 0) is 0 Å². The molecule has 0 aromatic heterocycles. The van der Waals surface area contributed by atoms with Gasteiger partial charge in [-0.15, -0.1) is 0 Å². The summed E-state index contributed by atoms with van der Waals surface area (Å²) in [5.41, 5.74) is 2.24. The first-order valence-corrected chi connectivity index (χ1v) is 5.89. The largest absolute Gasteiger partial charge is 0.490 e. The Kier molecular flexibility index (Phi) is 3.62. The molecule has 0 bridgehead atoms. The lowest BCUT2D eigenvalue weighted by atomic mass is 10.1. The third kappa shape index (κ3) is 2.86. The van der Waals surface area contributed by atoms with Crippen LogP contribution < -0.4 is 10.1 Å². The first-order valence-electron chi connectivity index (χ1n) is 5.89. The third-order valence-electron chi connectivity index (χ3n) is 2.92. The summed E-state index contributed by atoms with van der Waals surface area (Å²) in [4.78, 5) is 0. The van der Waals surface area contributed by atoms with Gasteiger partial charge < -0.3 is 10.1 Å². The summed E-state index contributed by atoms with van der Waals surface area (Å²) < 4.78 is 5.96. The lowest BCUT2D eigenvalue weighted by Gasteiger charge is -2.24. The maximum absolute atomic E-state index is 5.96. The standard InChI is InChI=1S/C14H19NO/c1-11(2)12-4-3-5-14(10-12)16-13-6-8-15-9-7-13/h3-5,10,13,15H,1,6-9H2,2H3. The van der Waals surface area contributed by atoms with E-state index < -0.39 is 0 Å². The van der Waals surface area contributed by atoms with Gasteiger partial charge in [0.2, 0.25) is 0 Å². The van der Waals surface area contributed by atoms with E-state index in [1.807, 2.05) is 19.1 Å². The molecule has 0 saturated carbocycles. The van der Waals surface area contributed by atoms with Crippen molar-refractivity contribution in [2.24, 2.45) is 0 Å². The van der Waals surface area contributed by atoms with Crippen molar-refractivity contribution in [2.45, 2.75) is 25.9 Å². The number of hydrogen-bond donors (Lipinski definition) is 1. The van der Waals surface area contributed by atoms with E-state index in [0.29, 0.717) is 6.10 Å². The highest BCUT2D eigenvalue weighted by Gasteiger charge is 2.14. The van der Waals surface area contributed by atoms with Crippen LogP contribution in [0.1, 0.15) is 25.3 Å². The van der Waals surface area contributed by atoms with E-state index in [-0.39, 0.29) is 0 Å². The molecule has 1 aromatic rings. The van der Waals surface area contributed by atoms with Gasteiger partial charge in [-0.2, -0.15) is 0 Å². The summed E-state index contributed by atoms with van der Waals surface area (Å²) in [6, 6.07) is 8.19. The molecule has 0 amide bonds. The Balaban J connectivity index is 2.02. The fourth-order valence-corrected chi connectivity index (χ4v) is 1.94. The van der Waals surface area contributed by atoms with Gasteiger partial charge in [0.05, 0.1) is 0 Å². The van der Waals surface area contributed by atoms with E-state index in [4.69, 9.17) is 4.74 Å². The Morgan fingerprint density at radius 3 is 2.81 bits per heavy atom. The Bertz CT molecular complexity index is 367. The molecule has 86 valence electrons. The van der Waals surface area contributed by atoms with Crippen LogP contribution >= 0.6 is 0 Å². The van der Waals surface area contributed by atoms with E-state index in [1.54, 1.807) is 0 Å². The monoisotopic (exact) mass is 217 g/mol. The zero-order valence-electron chi connectivity index (χ0n) is 9.83. The lowest BCUT2D eigenvalue weighted by molar-refractivity contribution is 0.162. The molecule has 2 heteroatoms. The highest BCUT2D eigenvalue weighted by molar-refractivity contribution is 5.62. The second-order valence-corrected chi connectivity index (χ2v) is 4.38. The minimum atomic E-state index is 0.363. The summed E-state index contributed by atoms with van der Waals surface area (Å²) in [6.45, 7) is 8.09. The highest BCUT2D eigenvalue weighted by atomic mass is 16.5. The summed E-state index contributed by atoms with van der Waals surface area (Å²) >= 11 is 0. The summed E-state index contributed by atoms with van der Waals surface area (Å²) in [5.74, 6) is 0.965. The van der Waals surface area contributed by atoms with Crippen molar-refractivity contribution in [3.05, 3.63) is 36.4 Å². The van der Waals surface area contributed by atoms with Gasteiger partial charge in [-0.1, -0.05) is 24.3 Å². The molecule has 0 radical (unpaired) electrons. The van der Waals surface area contributed by atoms with Crippen LogP contribution in [0, 0.1) is 0 Å². The SMILES string of the molecule is C=C(C)c1cccc(OC2CCNCC2)c1. The average Bonchev–Trinajstić information content (AvgIpc) is 2.30. The van der Waals surface area contributed by atoms with Gasteiger partial charge in [0.15, 0.2) is 0 Å². The first-order chi connectivity index (χ1) is 7.75. The van der Waals surface area contributed by atoms with Crippen molar-refractivity contribution in [2.75, 3.05) is 13.1 Å². The third-order valence-corrected chi connectivity index (χ3v) is 2.92. The van der Waals surface area contributed by atoms with Gasteiger partial charge in [-0.25, -0.2) is 0 Å². The van der Waals surface area contributed by atoms with Crippen molar-refractivity contribution in [1.29, 1.82) is 0 Å². The molecule has 1 aliphatic heterocycles. The molecule has 1 heterocycles. The molecule has 1 aromatic carbocycles. The smallest absolute Gasteiger partial charge is 0.120 e. The summed E-state index contributed by atoms with van der Waals surface area (Å²) in [5, 5.41) is 3.34. The minimum Gasteiger partial charge on any atom is -0.490 e. The topological polar surface area (TPSA) is 21.3 Å². The number of nitrogens with one attached hydrogen (secondary N) is 1. The Morgan fingerprint density at radius 2 is 2.12 bits per heavy atom. The molecule has 1 aliphatic rings. The van der Waals surface area contributed by atoms with Crippen LogP contribution in [0.2, 0.25) is 0 Å². The predicted molar refractivity (Wildman–Crippen MR) is 67.7 cm³/mol. The normalized spacial score (nSPS) is 17.1. The molecular formula is C14H19NO. The number of hydrogen-bond acceptors (Lipinski definition) is 2. The first kappa shape index (κ1) is 11.2. The summed E-state index contributed by atoms with van der Waals surface area (Å²) in [7, 11) is 0. The highest BCUT2D eigenvalue weighted by Crippen LogP contribution is 2.21. The second kappa shape index (κ2) is 5.17. The van der Waals surface area contributed by atoms with Crippen molar-refractivity contribution in [3.63, 3.8) is 0 Å². The zero-order valence-corrected chi connectivity index (χ0v) is 9.83. The molecule has 1 N–H and O–H groups in total. The fraction of sp³-hybridized carbons (Fsp3) is 0.429. The van der Waals surface area contributed by atoms with Gasteiger partial charge >= 0.3 is 0 Å². The van der Waals surface area contributed by atoms with Gasteiger partial charge in [0, 0.05) is 0 Å². The van der Waals surface area contributed by atoms with Crippen LogP contribution in [-0.4, -0.2) is 19.2 Å². The molecular weight excluding hydrogens is 198 g/mol. The number of benzene rings is 1. The van der Waals surface area contributed by atoms with Crippen LogP contribution in [0.5, 0.6) is 5.75 Å². The molecule has 2 nitrogen and oxygen atoms in total. The molecule has 16 heavy (non-hydrogen) atoms.